The molecule has 1 aliphatic rings. The molecule has 1 saturated carbocycles. The molecule has 9 heteroatoms. The van der Waals surface area contributed by atoms with E-state index in [2.05, 4.69) is 33.0 Å². The molecule has 2 unspecified atom stereocenters. The fourth-order valence-corrected chi connectivity index (χ4v) is 4.87. The van der Waals surface area contributed by atoms with Crippen LogP contribution in [0.25, 0.3) is 0 Å². The van der Waals surface area contributed by atoms with Crippen molar-refractivity contribution in [3.63, 3.8) is 0 Å². The van der Waals surface area contributed by atoms with Gasteiger partial charge in [0.15, 0.2) is 5.69 Å². The molecule has 1 N–H and O–H groups in total. The molecule has 1 aromatic heterocycles. The van der Waals surface area contributed by atoms with Crippen LogP contribution in [0.5, 0.6) is 5.88 Å². The van der Waals surface area contributed by atoms with Gasteiger partial charge in [-0.25, -0.2) is 9.48 Å². The summed E-state index contributed by atoms with van der Waals surface area (Å²) >= 11 is 2.25. The number of nitrogens with zero attached hydrogens (tertiary/aromatic N) is 2. The van der Waals surface area contributed by atoms with Gasteiger partial charge in [-0.1, -0.05) is 61.4 Å². The predicted molar refractivity (Wildman–Crippen MR) is 147 cm³/mol. The number of esters is 1. The zero-order valence-electron chi connectivity index (χ0n) is 20.9. The van der Waals surface area contributed by atoms with E-state index in [1.165, 1.54) is 10.7 Å². The number of nitrogens with one attached hydrogen (secondary N) is 1. The van der Waals surface area contributed by atoms with Crippen molar-refractivity contribution in [1.29, 1.82) is 0 Å². The first-order chi connectivity index (χ1) is 18.0. The highest BCUT2D eigenvalue weighted by molar-refractivity contribution is 14.1. The predicted octanol–water partition coefficient (Wildman–Crippen LogP) is 4.89. The molecular formula is C28H32IN3O5. The van der Waals surface area contributed by atoms with Crippen LogP contribution in [0.1, 0.15) is 54.2 Å². The van der Waals surface area contributed by atoms with Gasteiger partial charge in [0.1, 0.15) is 13.2 Å². The Morgan fingerprint density at radius 2 is 1.81 bits per heavy atom. The van der Waals surface area contributed by atoms with Crippen LogP contribution in [-0.4, -0.2) is 40.4 Å². The Hall–Kier alpha value is -2.92. The summed E-state index contributed by atoms with van der Waals surface area (Å²) in [7, 11) is 0. The van der Waals surface area contributed by atoms with E-state index < -0.39 is 5.97 Å². The van der Waals surface area contributed by atoms with Crippen LogP contribution in [-0.2, 0) is 34.0 Å². The zero-order chi connectivity index (χ0) is 26.0. The summed E-state index contributed by atoms with van der Waals surface area (Å²) in [5, 5.41) is 7.44. The summed E-state index contributed by atoms with van der Waals surface area (Å²) in [5.74, 6) is -0.432. The monoisotopic (exact) mass is 617 g/mol. The molecule has 1 fully saturated rings. The number of aromatic nitrogens is 2. The summed E-state index contributed by atoms with van der Waals surface area (Å²) in [5.41, 5.74) is 2.21. The average molecular weight is 617 g/mol. The molecule has 0 spiro atoms. The molecule has 1 amide bonds. The molecule has 2 atom stereocenters. The van der Waals surface area contributed by atoms with Gasteiger partial charge in [-0.05, 0) is 54.0 Å². The summed E-state index contributed by atoms with van der Waals surface area (Å²) in [4.78, 5) is 25.4. The largest absolute Gasteiger partial charge is 0.473 e. The number of halogens is 1. The van der Waals surface area contributed by atoms with Crippen molar-refractivity contribution in [2.75, 3.05) is 6.61 Å². The number of benzene rings is 2. The van der Waals surface area contributed by atoms with Gasteiger partial charge < -0.3 is 19.5 Å². The maximum absolute atomic E-state index is 13.1. The van der Waals surface area contributed by atoms with E-state index in [-0.39, 0.29) is 43.5 Å². The summed E-state index contributed by atoms with van der Waals surface area (Å²) in [6, 6.07) is 19.3. The van der Waals surface area contributed by atoms with Crippen molar-refractivity contribution in [3.05, 3.63) is 81.1 Å². The Balaban J connectivity index is 1.42. The lowest BCUT2D eigenvalue weighted by Crippen LogP contribution is -2.47. The minimum atomic E-state index is -0.553. The van der Waals surface area contributed by atoms with Crippen LogP contribution in [0.4, 0.5) is 0 Å². The van der Waals surface area contributed by atoms with Gasteiger partial charge in [-0.15, -0.1) is 0 Å². The fraction of sp³-hybridized carbons (Fsp3) is 0.393. The topological polar surface area (TPSA) is 91.7 Å². The van der Waals surface area contributed by atoms with Gasteiger partial charge in [0.25, 0.3) is 0 Å². The lowest BCUT2D eigenvalue weighted by Gasteiger charge is -2.32. The average Bonchev–Trinajstić information content (AvgIpc) is 3.31. The highest BCUT2D eigenvalue weighted by Gasteiger charge is 2.28. The van der Waals surface area contributed by atoms with Crippen molar-refractivity contribution in [2.24, 2.45) is 0 Å². The van der Waals surface area contributed by atoms with Crippen LogP contribution in [0.3, 0.4) is 0 Å². The standard InChI is InChI=1S/C28H32IN3O5/c1-2-35-28(34)24-16-27(37-19-21-12-6-7-13-22(21)29)32(31-24)17-26(33)30-23-14-8-9-15-25(23)36-18-20-10-4-3-5-11-20/h3-7,10-13,16,23,25H,2,8-9,14-15,17-19H2,1H3,(H,30,33). The van der Waals surface area contributed by atoms with Gasteiger partial charge in [0.05, 0.1) is 25.4 Å². The first kappa shape index (κ1) is 27.1. The molecule has 3 aromatic rings. The minimum absolute atomic E-state index is 0.0542. The van der Waals surface area contributed by atoms with Crippen LogP contribution in [0, 0.1) is 3.57 Å². The molecule has 0 bridgehead atoms. The van der Waals surface area contributed by atoms with E-state index in [4.69, 9.17) is 14.2 Å². The molecule has 8 nitrogen and oxygen atoms in total. The zero-order valence-corrected chi connectivity index (χ0v) is 23.1. The smallest absolute Gasteiger partial charge is 0.358 e. The van der Waals surface area contributed by atoms with Crippen LogP contribution in [0.15, 0.2) is 60.7 Å². The third-order valence-electron chi connectivity index (χ3n) is 6.21. The van der Waals surface area contributed by atoms with Crippen molar-refractivity contribution < 1.29 is 23.8 Å². The minimum Gasteiger partial charge on any atom is -0.473 e. The Morgan fingerprint density at radius 3 is 2.59 bits per heavy atom. The van der Waals surface area contributed by atoms with E-state index in [1.54, 1.807) is 6.92 Å². The second-order valence-electron chi connectivity index (χ2n) is 8.92. The van der Waals surface area contributed by atoms with E-state index in [9.17, 15) is 9.59 Å². The first-order valence-corrected chi connectivity index (χ1v) is 13.7. The molecular weight excluding hydrogens is 585 g/mol. The second kappa shape index (κ2) is 13.6. The normalized spacial score (nSPS) is 17.2. The molecule has 0 saturated heterocycles. The lowest BCUT2D eigenvalue weighted by molar-refractivity contribution is -0.124. The molecule has 0 aliphatic heterocycles. The number of ether oxygens (including phenoxy) is 3. The van der Waals surface area contributed by atoms with Gasteiger partial charge >= 0.3 is 5.97 Å². The molecule has 1 aliphatic carbocycles. The van der Waals surface area contributed by atoms with E-state index in [0.29, 0.717) is 12.5 Å². The highest BCUT2D eigenvalue weighted by atomic mass is 127. The third-order valence-corrected chi connectivity index (χ3v) is 7.26. The van der Waals surface area contributed by atoms with Crippen molar-refractivity contribution >= 4 is 34.5 Å². The summed E-state index contributed by atoms with van der Waals surface area (Å²) in [6.07, 6.45) is 3.81. The number of rotatable bonds is 11. The molecule has 1 heterocycles. The molecule has 196 valence electrons. The molecule has 37 heavy (non-hydrogen) atoms. The molecule has 2 aromatic carbocycles. The molecule has 0 radical (unpaired) electrons. The number of amides is 1. The first-order valence-electron chi connectivity index (χ1n) is 12.6. The van der Waals surface area contributed by atoms with Gasteiger partial charge in [0.2, 0.25) is 11.8 Å². The van der Waals surface area contributed by atoms with E-state index in [1.807, 2.05) is 54.6 Å². The van der Waals surface area contributed by atoms with Crippen LogP contribution < -0.4 is 10.1 Å². The van der Waals surface area contributed by atoms with Crippen molar-refractivity contribution in [3.8, 4) is 5.88 Å². The number of hydrogen-bond acceptors (Lipinski definition) is 6. The third kappa shape index (κ3) is 7.78. The number of carbonyl (C=O) groups is 2. The summed E-state index contributed by atoms with van der Waals surface area (Å²) in [6.45, 7) is 2.68. The summed E-state index contributed by atoms with van der Waals surface area (Å²) < 4.78 is 19.8. The maximum atomic E-state index is 13.1. The Labute approximate surface area is 230 Å². The van der Waals surface area contributed by atoms with Crippen LogP contribution in [0.2, 0.25) is 0 Å². The van der Waals surface area contributed by atoms with Gasteiger partial charge in [-0.2, -0.15) is 5.10 Å². The number of hydrogen-bond donors (Lipinski definition) is 1. The lowest BCUT2D eigenvalue weighted by atomic mass is 9.92. The van der Waals surface area contributed by atoms with E-state index in [0.717, 1.165) is 40.4 Å². The van der Waals surface area contributed by atoms with Crippen molar-refractivity contribution in [2.45, 2.75) is 64.5 Å². The Morgan fingerprint density at radius 1 is 1.05 bits per heavy atom. The highest BCUT2D eigenvalue weighted by Crippen LogP contribution is 2.23. The maximum Gasteiger partial charge on any atom is 0.358 e. The quantitative estimate of drug-likeness (QED) is 0.244. The van der Waals surface area contributed by atoms with Crippen LogP contribution >= 0.6 is 22.6 Å². The Kier molecular flexibility index (Phi) is 9.95. The van der Waals surface area contributed by atoms with Gasteiger partial charge in [0, 0.05) is 15.2 Å². The van der Waals surface area contributed by atoms with Gasteiger partial charge in [-0.3, -0.25) is 4.79 Å². The fourth-order valence-electron chi connectivity index (χ4n) is 4.33. The van der Waals surface area contributed by atoms with Crippen molar-refractivity contribution in [1.82, 2.24) is 15.1 Å². The second-order valence-corrected chi connectivity index (χ2v) is 10.1. The SMILES string of the molecule is CCOC(=O)c1cc(OCc2ccccc2I)n(CC(=O)NC2CCCCC2OCc2ccccc2)n1. The number of carbonyl (C=O) groups excluding carboxylic acids is 2. The molecule has 4 rings (SSSR count). The van der Waals surface area contributed by atoms with E-state index >= 15 is 0 Å². The Bertz CT molecular complexity index is 1180.